The zero-order valence-electron chi connectivity index (χ0n) is 8.64. The molecular formula is C11H10BrN3O. The molecule has 0 radical (unpaired) electrons. The number of benzene rings is 1. The van der Waals surface area contributed by atoms with Crippen molar-refractivity contribution in [3.63, 3.8) is 0 Å². The molecule has 0 saturated carbocycles. The molecule has 0 unspecified atom stereocenters. The average Bonchev–Trinajstić information content (AvgIpc) is 2.32. The van der Waals surface area contributed by atoms with E-state index in [1.807, 2.05) is 24.3 Å². The fourth-order valence-corrected chi connectivity index (χ4v) is 1.41. The van der Waals surface area contributed by atoms with Crippen LogP contribution in [0, 0.1) is 0 Å². The summed E-state index contributed by atoms with van der Waals surface area (Å²) in [5.74, 6) is 1.79. The molecule has 4 nitrogen and oxygen atoms in total. The van der Waals surface area contributed by atoms with E-state index >= 15 is 0 Å². The number of ether oxygens (including phenoxy) is 1. The first-order valence-electron chi connectivity index (χ1n) is 4.72. The monoisotopic (exact) mass is 279 g/mol. The Bertz CT molecular complexity index is 473. The van der Waals surface area contributed by atoms with E-state index in [4.69, 9.17) is 4.74 Å². The zero-order chi connectivity index (χ0) is 11.4. The summed E-state index contributed by atoms with van der Waals surface area (Å²) in [7, 11) is 1.76. The maximum Gasteiger partial charge on any atom is 0.225 e. The number of hydrogen-bond donors (Lipinski definition) is 1. The molecular weight excluding hydrogens is 270 g/mol. The van der Waals surface area contributed by atoms with Crippen LogP contribution in [0.2, 0.25) is 0 Å². The molecule has 0 aliphatic heterocycles. The lowest BCUT2D eigenvalue weighted by atomic mass is 10.3. The second-order valence-corrected chi connectivity index (χ2v) is 3.94. The smallest absolute Gasteiger partial charge is 0.225 e. The number of rotatable bonds is 3. The largest absolute Gasteiger partial charge is 0.439 e. The molecule has 1 N–H and O–H groups in total. The van der Waals surface area contributed by atoms with Gasteiger partial charge >= 0.3 is 0 Å². The van der Waals surface area contributed by atoms with Crippen molar-refractivity contribution in [3.05, 3.63) is 41.0 Å². The van der Waals surface area contributed by atoms with Crippen LogP contribution in [0.5, 0.6) is 11.6 Å². The Labute approximate surface area is 102 Å². The normalized spacial score (nSPS) is 9.88. The van der Waals surface area contributed by atoms with E-state index in [0.717, 1.165) is 10.2 Å². The highest BCUT2D eigenvalue weighted by atomic mass is 79.9. The molecule has 0 fully saturated rings. The van der Waals surface area contributed by atoms with Gasteiger partial charge in [-0.15, -0.1) is 0 Å². The summed E-state index contributed by atoms with van der Waals surface area (Å²) in [6.45, 7) is 0. The van der Waals surface area contributed by atoms with Gasteiger partial charge < -0.3 is 10.1 Å². The highest BCUT2D eigenvalue weighted by molar-refractivity contribution is 9.10. The molecule has 82 valence electrons. The Kier molecular flexibility index (Phi) is 3.36. The molecule has 0 saturated heterocycles. The molecule has 2 aromatic rings. The number of nitrogens with zero attached hydrogens (tertiary/aromatic N) is 2. The second kappa shape index (κ2) is 4.94. The molecule has 16 heavy (non-hydrogen) atoms. The van der Waals surface area contributed by atoms with Crippen molar-refractivity contribution in [2.45, 2.75) is 0 Å². The van der Waals surface area contributed by atoms with E-state index in [9.17, 15) is 0 Å². The summed E-state index contributed by atoms with van der Waals surface area (Å²) < 4.78 is 6.58. The number of aromatic nitrogens is 2. The van der Waals surface area contributed by atoms with E-state index in [-0.39, 0.29) is 0 Å². The summed E-state index contributed by atoms with van der Waals surface area (Å²) in [6, 6.07) is 9.27. The zero-order valence-corrected chi connectivity index (χ0v) is 10.2. The Morgan fingerprint density at radius 2 is 1.94 bits per heavy atom. The minimum absolute atomic E-state index is 0.515. The molecule has 0 atom stereocenters. The molecule has 0 amide bonds. The Morgan fingerprint density at radius 3 is 2.62 bits per heavy atom. The second-order valence-electron chi connectivity index (χ2n) is 3.02. The van der Waals surface area contributed by atoms with Gasteiger partial charge in [-0.05, 0) is 24.3 Å². The highest BCUT2D eigenvalue weighted by Crippen LogP contribution is 2.21. The van der Waals surface area contributed by atoms with Crippen LogP contribution in [-0.4, -0.2) is 17.0 Å². The molecule has 2 rings (SSSR count). The molecule has 0 aliphatic rings. The van der Waals surface area contributed by atoms with Gasteiger partial charge in [0.25, 0.3) is 0 Å². The van der Waals surface area contributed by atoms with Crippen LogP contribution in [-0.2, 0) is 0 Å². The standard InChI is InChI=1S/C11H10BrN3O/c1-13-11-14-7-6-10(15-11)16-9-4-2-8(12)3-5-9/h2-7H,1H3,(H,13,14,15). The average molecular weight is 280 g/mol. The Balaban J connectivity index is 2.16. The number of halogens is 1. The van der Waals surface area contributed by atoms with Crippen LogP contribution in [0.3, 0.4) is 0 Å². The minimum Gasteiger partial charge on any atom is -0.439 e. The Morgan fingerprint density at radius 1 is 1.19 bits per heavy atom. The molecule has 0 spiro atoms. The van der Waals surface area contributed by atoms with Gasteiger partial charge in [0.15, 0.2) is 0 Å². The van der Waals surface area contributed by atoms with Crippen LogP contribution in [0.4, 0.5) is 5.95 Å². The summed E-state index contributed by atoms with van der Waals surface area (Å²) in [6.07, 6.45) is 1.65. The summed E-state index contributed by atoms with van der Waals surface area (Å²) in [5, 5.41) is 2.85. The molecule has 5 heteroatoms. The first kappa shape index (κ1) is 10.9. The van der Waals surface area contributed by atoms with Crippen LogP contribution < -0.4 is 10.1 Å². The van der Waals surface area contributed by atoms with Crippen molar-refractivity contribution in [1.82, 2.24) is 9.97 Å². The van der Waals surface area contributed by atoms with Gasteiger partial charge in [-0.2, -0.15) is 4.98 Å². The molecule has 0 bridgehead atoms. The quantitative estimate of drug-likeness (QED) is 0.938. The van der Waals surface area contributed by atoms with Gasteiger partial charge in [0.2, 0.25) is 11.8 Å². The van der Waals surface area contributed by atoms with Crippen molar-refractivity contribution >= 4 is 21.9 Å². The lowest BCUT2D eigenvalue weighted by Crippen LogP contribution is -1.97. The van der Waals surface area contributed by atoms with Gasteiger partial charge in [0, 0.05) is 23.8 Å². The third-order valence-electron chi connectivity index (χ3n) is 1.89. The van der Waals surface area contributed by atoms with Crippen molar-refractivity contribution in [1.29, 1.82) is 0 Å². The maximum atomic E-state index is 5.56. The Hall–Kier alpha value is -1.62. The summed E-state index contributed by atoms with van der Waals surface area (Å²) in [4.78, 5) is 8.16. The van der Waals surface area contributed by atoms with Crippen molar-refractivity contribution < 1.29 is 4.74 Å². The van der Waals surface area contributed by atoms with E-state index in [1.165, 1.54) is 0 Å². The van der Waals surface area contributed by atoms with Crippen LogP contribution in [0.1, 0.15) is 0 Å². The molecule has 1 aromatic heterocycles. The third kappa shape index (κ3) is 2.70. The van der Waals surface area contributed by atoms with Crippen molar-refractivity contribution in [3.8, 4) is 11.6 Å². The predicted octanol–water partition coefficient (Wildman–Crippen LogP) is 3.07. The molecule has 1 heterocycles. The van der Waals surface area contributed by atoms with Gasteiger partial charge in [0.1, 0.15) is 5.75 Å². The van der Waals surface area contributed by atoms with Gasteiger partial charge in [0.05, 0.1) is 0 Å². The fourth-order valence-electron chi connectivity index (χ4n) is 1.14. The topological polar surface area (TPSA) is 47.0 Å². The third-order valence-corrected chi connectivity index (χ3v) is 2.42. The number of hydrogen-bond acceptors (Lipinski definition) is 4. The van der Waals surface area contributed by atoms with Crippen LogP contribution >= 0.6 is 15.9 Å². The van der Waals surface area contributed by atoms with Gasteiger partial charge in [-0.1, -0.05) is 15.9 Å². The van der Waals surface area contributed by atoms with Crippen molar-refractivity contribution in [2.75, 3.05) is 12.4 Å². The predicted molar refractivity (Wildman–Crippen MR) is 65.8 cm³/mol. The fraction of sp³-hybridized carbons (Fsp3) is 0.0909. The van der Waals surface area contributed by atoms with E-state index in [1.54, 1.807) is 19.3 Å². The van der Waals surface area contributed by atoms with Crippen LogP contribution in [0.15, 0.2) is 41.0 Å². The van der Waals surface area contributed by atoms with Gasteiger partial charge in [-0.3, -0.25) is 0 Å². The van der Waals surface area contributed by atoms with Crippen LogP contribution in [0.25, 0.3) is 0 Å². The first-order chi connectivity index (χ1) is 7.78. The molecule has 0 aliphatic carbocycles. The lowest BCUT2D eigenvalue weighted by Gasteiger charge is -2.05. The summed E-state index contributed by atoms with van der Waals surface area (Å²) in [5.41, 5.74) is 0. The van der Waals surface area contributed by atoms with E-state index in [2.05, 4.69) is 31.2 Å². The minimum atomic E-state index is 0.515. The SMILES string of the molecule is CNc1nccc(Oc2ccc(Br)cc2)n1. The van der Waals surface area contributed by atoms with Crippen molar-refractivity contribution in [2.24, 2.45) is 0 Å². The summed E-state index contributed by atoms with van der Waals surface area (Å²) >= 11 is 3.36. The van der Waals surface area contributed by atoms with Gasteiger partial charge in [-0.25, -0.2) is 4.98 Å². The van der Waals surface area contributed by atoms with E-state index < -0.39 is 0 Å². The van der Waals surface area contributed by atoms with E-state index in [0.29, 0.717) is 11.8 Å². The number of anilines is 1. The maximum absolute atomic E-state index is 5.56. The number of nitrogens with one attached hydrogen (secondary N) is 1. The first-order valence-corrected chi connectivity index (χ1v) is 5.51. The molecule has 1 aromatic carbocycles. The lowest BCUT2D eigenvalue weighted by molar-refractivity contribution is 0.462. The highest BCUT2D eigenvalue weighted by Gasteiger charge is 2.00.